The summed E-state index contributed by atoms with van der Waals surface area (Å²) >= 11 is 0. The van der Waals surface area contributed by atoms with Gasteiger partial charge in [0.1, 0.15) is 23.5 Å². The van der Waals surface area contributed by atoms with E-state index in [2.05, 4.69) is 15.8 Å². The minimum atomic E-state index is -4.27. The number of rotatable bonds is 5. The van der Waals surface area contributed by atoms with Crippen LogP contribution in [-0.2, 0) is 10.0 Å². The second-order valence-corrected chi connectivity index (χ2v) is 8.02. The zero-order chi connectivity index (χ0) is 19.4. The van der Waals surface area contributed by atoms with Crippen LogP contribution in [0.4, 0.5) is 14.6 Å². The average Bonchev–Trinajstić information content (AvgIpc) is 2.66. The molecular formula is C18H18F2N4O2S. The van der Waals surface area contributed by atoms with Crippen LogP contribution in [0.2, 0.25) is 0 Å². The Balaban J connectivity index is 1.61. The number of sulfonamides is 1. The molecule has 0 atom stereocenters. The molecule has 1 aromatic heterocycles. The van der Waals surface area contributed by atoms with Crippen molar-refractivity contribution in [1.82, 2.24) is 9.71 Å². The molecule has 2 aromatic rings. The van der Waals surface area contributed by atoms with E-state index in [1.54, 1.807) is 18.3 Å². The molecule has 0 bridgehead atoms. The summed E-state index contributed by atoms with van der Waals surface area (Å²) in [7, 11) is -4.27. The first kappa shape index (κ1) is 19.2. The van der Waals surface area contributed by atoms with Crippen LogP contribution < -0.4 is 9.62 Å². The first-order valence-corrected chi connectivity index (χ1v) is 9.94. The SMILES string of the molecule is N#Cc1cccnc1N1CCC(CNS(=O)(=O)c2c(F)cccc2F)CC1. The molecule has 1 N–H and O–H groups in total. The molecule has 27 heavy (non-hydrogen) atoms. The van der Waals surface area contributed by atoms with Crippen molar-refractivity contribution in [3.63, 3.8) is 0 Å². The highest BCUT2D eigenvalue weighted by atomic mass is 32.2. The summed E-state index contributed by atoms with van der Waals surface area (Å²) in [5.41, 5.74) is 0.492. The fourth-order valence-corrected chi connectivity index (χ4v) is 4.37. The number of nitriles is 1. The van der Waals surface area contributed by atoms with E-state index in [0.717, 1.165) is 18.2 Å². The maximum atomic E-state index is 13.7. The monoisotopic (exact) mass is 392 g/mol. The van der Waals surface area contributed by atoms with Gasteiger partial charge in [-0.2, -0.15) is 5.26 Å². The van der Waals surface area contributed by atoms with Crippen molar-refractivity contribution >= 4 is 15.8 Å². The Morgan fingerprint density at radius 2 is 1.85 bits per heavy atom. The van der Waals surface area contributed by atoms with Gasteiger partial charge < -0.3 is 4.90 Å². The number of aromatic nitrogens is 1. The summed E-state index contributed by atoms with van der Waals surface area (Å²) in [4.78, 5) is 5.29. The zero-order valence-electron chi connectivity index (χ0n) is 14.4. The van der Waals surface area contributed by atoms with Crippen molar-refractivity contribution < 1.29 is 17.2 Å². The molecule has 2 heterocycles. The molecule has 0 saturated carbocycles. The van der Waals surface area contributed by atoms with Crippen LogP contribution in [0.5, 0.6) is 0 Å². The molecular weight excluding hydrogens is 374 g/mol. The predicted molar refractivity (Wildman–Crippen MR) is 95.4 cm³/mol. The summed E-state index contributed by atoms with van der Waals surface area (Å²) in [5.74, 6) is -1.58. The lowest BCUT2D eigenvalue weighted by Crippen LogP contribution is -2.39. The van der Waals surface area contributed by atoms with E-state index in [9.17, 15) is 22.5 Å². The van der Waals surface area contributed by atoms with Crippen LogP contribution >= 0.6 is 0 Å². The van der Waals surface area contributed by atoms with Gasteiger partial charge in [0.2, 0.25) is 10.0 Å². The first-order valence-electron chi connectivity index (χ1n) is 8.46. The topological polar surface area (TPSA) is 86.1 Å². The number of halogens is 2. The predicted octanol–water partition coefficient (Wildman–Crippen LogP) is 2.43. The summed E-state index contributed by atoms with van der Waals surface area (Å²) < 4.78 is 54.2. The minimum absolute atomic E-state index is 0.0279. The standard InChI is InChI=1S/C18H18F2N4O2S/c19-15-4-1-5-16(20)17(15)27(25,26)23-12-13-6-9-24(10-7-13)18-14(11-21)3-2-8-22-18/h1-5,8,13,23H,6-7,9-10,12H2. The Morgan fingerprint density at radius 1 is 1.19 bits per heavy atom. The van der Waals surface area contributed by atoms with Crippen LogP contribution in [0.15, 0.2) is 41.4 Å². The second-order valence-electron chi connectivity index (χ2n) is 6.32. The number of nitrogens with zero attached hydrogens (tertiary/aromatic N) is 3. The quantitative estimate of drug-likeness (QED) is 0.845. The molecule has 3 rings (SSSR count). The number of hydrogen-bond donors (Lipinski definition) is 1. The van der Waals surface area contributed by atoms with Gasteiger partial charge >= 0.3 is 0 Å². The van der Waals surface area contributed by atoms with Gasteiger partial charge in [0.25, 0.3) is 0 Å². The van der Waals surface area contributed by atoms with E-state index < -0.39 is 26.6 Å². The Kier molecular flexibility index (Phi) is 5.68. The fraction of sp³-hybridized carbons (Fsp3) is 0.333. The third-order valence-corrected chi connectivity index (χ3v) is 6.05. The zero-order valence-corrected chi connectivity index (χ0v) is 15.2. The van der Waals surface area contributed by atoms with Gasteiger partial charge in [-0.3, -0.25) is 0 Å². The molecule has 142 valence electrons. The van der Waals surface area contributed by atoms with E-state index in [0.29, 0.717) is 37.3 Å². The highest BCUT2D eigenvalue weighted by molar-refractivity contribution is 7.89. The smallest absolute Gasteiger partial charge is 0.246 e. The Morgan fingerprint density at radius 3 is 2.48 bits per heavy atom. The molecule has 1 saturated heterocycles. The summed E-state index contributed by atoms with van der Waals surface area (Å²) in [6.07, 6.45) is 2.97. The van der Waals surface area contributed by atoms with E-state index in [1.165, 1.54) is 0 Å². The maximum absolute atomic E-state index is 13.7. The Labute approximate surface area is 156 Å². The Bertz CT molecular complexity index is 947. The van der Waals surface area contributed by atoms with E-state index >= 15 is 0 Å². The van der Waals surface area contributed by atoms with Crippen LogP contribution in [0.3, 0.4) is 0 Å². The number of hydrogen-bond acceptors (Lipinski definition) is 5. The largest absolute Gasteiger partial charge is 0.356 e. The number of nitrogens with one attached hydrogen (secondary N) is 1. The normalized spacial score (nSPS) is 15.5. The van der Waals surface area contributed by atoms with Crippen molar-refractivity contribution in [2.24, 2.45) is 5.92 Å². The third kappa shape index (κ3) is 4.23. The molecule has 0 radical (unpaired) electrons. The molecule has 1 aliphatic heterocycles. The molecule has 1 aliphatic rings. The van der Waals surface area contributed by atoms with Gasteiger partial charge in [0.15, 0.2) is 4.90 Å². The van der Waals surface area contributed by atoms with Gasteiger partial charge in [-0.1, -0.05) is 6.07 Å². The second kappa shape index (κ2) is 7.98. The van der Waals surface area contributed by atoms with Crippen molar-refractivity contribution in [3.8, 4) is 6.07 Å². The lowest BCUT2D eigenvalue weighted by molar-refractivity contribution is 0.399. The van der Waals surface area contributed by atoms with Gasteiger partial charge in [0.05, 0.1) is 5.56 Å². The van der Waals surface area contributed by atoms with Crippen LogP contribution in [0.25, 0.3) is 0 Å². The van der Waals surface area contributed by atoms with Crippen molar-refractivity contribution in [1.29, 1.82) is 5.26 Å². The fourth-order valence-electron chi connectivity index (χ4n) is 3.12. The minimum Gasteiger partial charge on any atom is -0.356 e. The first-order chi connectivity index (χ1) is 12.9. The molecule has 0 amide bonds. The number of anilines is 1. The average molecular weight is 392 g/mol. The molecule has 9 heteroatoms. The maximum Gasteiger partial charge on any atom is 0.246 e. The van der Waals surface area contributed by atoms with Crippen molar-refractivity contribution in [2.45, 2.75) is 17.7 Å². The van der Waals surface area contributed by atoms with Crippen molar-refractivity contribution in [3.05, 3.63) is 53.7 Å². The molecule has 6 nitrogen and oxygen atoms in total. The van der Waals surface area contributed by atoms with E-state index in [1.807, 2.05) is 4.90 Å². The number of benzene rings is 1. The molecule has 1 fully saturated rings. The van der Waals surface area contributed by atoms with E-state index in [-0.39, 0.29) is 12.5 Å². The van der Waals surface area contributed by atoms with Gasteiger partial charge in [-0.05, 0) is 43.0 Å². The van der Waals surface area contributed by atoms with Gasteiger partial charge in [0, 0.05) is 25.8 Å². The molecule has 0 unspecified atom stereocenters. The van der Waals surface area contributed by atoms with E-state index in [4.69, 9.17) is 0 Å². The van der Waals surface area contributed by atoms with Crippen LogP contribution in [0.1, 0.15) is 18.4 Å². The summed E-state index contributed by atoms with van der Waals surface area (Å²) in [5, 5.41) is 9.17. The summed E-state index contributed by atoms with van der Waals surface area (Å²) in [6.45, 7) is 1.33. The van der Waals surface area contributed by atoms with Gasteiger partial charge in [-0.25, -0.2) is 26.9 Å². The lowest BCUT2D eigenvalue weighted by atomic mass is 9.97. The molecule has 1 aromatic carbocycles. The molecule has 0 spiro atoms. The number of pyridine rings is 1. The molecule has 0 aliphatic carbocycles. The van der Waals surface area contributed by atoms with Gasteiger partial charge in [-0.15, -0.1) is 0 Å². The third-order valence-electron chi connectivity index (χ3n) is 4.57. The highest BCUT2D eigenvalue weighted by Crippen LogP contribution is 2.24. The van der Waals surface area contributed by atoms with Crippen LogP contribution in [-0.4, -0.2) is 33.0 Å². The summed E-state index contributed by atoms with van der Waals surface area (Å²) in [6, 6.07) is 8.45. The van der Waals surface area contributed by atoms with Crippen LogP contribution in [0, 0.1) is 28.9 Å². The Hall–Kier alpha value is -2.57. The highest BCUT2D eigenvalue weighted by Gasteiger charge is 2.27. The lowest BCUT2D eigenvalue weighted by Gasteiger charge is -2.33. The number of piperidine rings is 1. The van der Waals surface area contributed by atoms with Crippen molar-refractivity contribution in [2.75, 3.05) is 24.5 Å².